The van der Waals surface area contributed by atoms with Gasteiger partial charge in [0.05, 0.1) is 9.92 Å². The molecule has 122 valence electrons. The average molecular weight is 362 g/mol. The molecule has 0 fully saturated rings. The van der Waals surface area contributed by atoms with Gasteiger partial charge in [0.2, 0.25) is 0 Å². The SMILES string of the molecule is O=S(=O)(Nc1ccc(-c2ccccc2)cc1)c1ccc(F)c(Cl)c1. The van der Waals surface area contributed by atoms with E-state index in [9.17, 15) is 12.8 Å². The molecule has 0 saturated carbocycles. The van der Waals surface area contributed by atoms with Crippen molar-refractivity contribution in [1.82, 2.24) is 0 Å². The van der Waals surface area contributed by atoms with Crippen molar-refractivity contribution in [2.45, 2.75) is 4.90 Å². The van der Waals surface area contributed by atoms with Crippen LogP contribution in [-0.4, -0.2) is 8.42 Å². The van der Waals surface area contributed by atoms with Crippen LogP contribution in [0.3, 0.4) is 0 Å². The smallest absolute Gasteiger partial charge is 0.261 e. The number of nitrogens with one attached hydrogen (secondary N) is 1. The van der Waals surface area contributed by atoms with E-state index in [-0.39, 0.29) is 9.92 Å². The lowest BCUT2D eigenvalue weighted by molar-refractivity contribution is 0.599. The van der Waals surface area contributed by atoms with Crippen molar-refractivity contribution in [2.24, 2.45) is 0 Å². The summed E-state index contributed by atoms with van der Waals surface area (Å²) in [4.78, 5) is -0.0963. The monoisotopic (exact) mass is 361 g/mol. The largest absolute Gasteiger partial charge is 0.280 e. The maximum atomic E-state index is 13.2. The number of hydrogen-bond acceptors (Lipinski definition) is 2. The van der Waals surface area contributed by atoms with E-state index in [2.05, 4.69) is 4.72 Å². The van der Waals surface area contributed by atoms with Gasteiger partial charge >= 0.3 is 0 Å². The van der Waals surface area contributed by atoms with Gasteiger partial charge in [-0.15, -0.1) is 0 Å². The highest BCUT2D eigenvalue weighted by Crippen LogP contribution is 2.24. The Morgan fingerprint density at radius 2 is 1.46 bits per heavy atom. The van der Waals surface area contributed by atoms with Gasteiger partial charge in [-0.2, -0.15) is 0 Å². The molecule has 0 atom stereocenters. The summed E-state index contributed by atoms with van der Waals surface area (Å²) in [6.45, 7) is 0. The predicted octanol–water partition coefficient (Wildman–Crippen LogP) is 4.95. The summed E-state index contributed by atoms with van der Waals surface area (Å²) < 4.78 is 40.3. The fourth-order valence-corrected chi connectivity index (χ4v) is 3.55. The van der Waals surface area contributed by atoms with E-state index in [4.69, 9.17) is 11.6 Å². The van der Waals surface area contributed by atoms with E-state index in [0.717, 1.165) is 23.3 Å². The molecule has 3 rings (SSSR count). The first-order chi connectivity index (χ1) is 11.5. The van der Waals surface area contributed by atoms with E-state index in [1.807, 2.05) is 42.5 Å². The van der Waals surface area contributed by atoms with Crippen LogP contribution in [0.15, 0.2) is 77.7 Å². The molecule has 0 saturated heterocycles. The van der Waals surface area contributed by atoms with Crippen molar-refractivity contribution in [3.05, 3.63) is 83.6 Å². The van der Waals surface area contributed by atoms with Gasteiger partial charge in [0.1, 0.15) is 5.82 Å². The normalized spacial score (nSPS) is 11.2. The first-order valence-electron chi connectivity index (χ1n) is 7.09. The van der Waals surface area contributed by atoms with Crippen LogP contribution in [0.2, 0.25) is 5.02 Å². The second-order valence-corrected chi connectivity index (χ2v) is 7.21. The first kappa shape index (κ1) is 16.5. The Bertz CT molecular complexity index is 958. The Morgan fingerprint density at radius 1 is 0.833 bits per heavy atom. The van der Waals surface area contributed by atoms with Crippen molar-refractivity contribution < 1.29 is 12.8 Å². The lowest BCUT2D eigenvalue weighted by atomic mass is 10.1. The van der Waals surface area contributed by atoms with E-state index in [1.54, 1.807) is 12.1 Å². The Morgan fingerprint density at radius 3 is 2.08 bits per heavy atom. The van der Waals surface area contributed by atoms with Crippen LogP contribution >= 0.6 is 11.6 Å². The number of hydrogen-bond donors (Lipinski definition) is 1. The molecule has 0 radical (unpaired) electrons. The highest BCUT2D eigenvalue weighted by Gasteiger charge is 2.16. The molecule has 0 spiro atoms. The zero-order chi connectivity index (χ0) is 17.2. The van der Waals surface area contributed by atoms with Crippen LogP contribution in [0.5, 0.6) is 0 Å². The van der Waals surface area contributed by atoms with Gasteiger partial charge < -0.3 is 0 Å². The van der Waals surface area contributed by atoms with Crippen molar-refractivity contribution >= 4 is 27.3 Å². The van der Waals surface area contributed by atoms with Gasteiger partial charge in [-0.3, -0.25) is 4.72 Å². The quantitative estimate of drug-likeness (QED) is 0.714. The third-order valence-corrected chi connectivity index (χ3v) is 5.11. The van der Waals surface area contributed by atoms with Gasteiger partial charge in [-0.05, 0) is 41.5 Å². The third kappa shape index (κ3) is 3.58. The summed E-state index contributed by atoms with van der Waals surface area (Å²) >= 11 is 5.64. The minimum Gasteiger partial charge on any atom is -0.280 e. The molecule has 0 heterocycles. The number of benzene rings is 3. The van der Waals surface area contributed by atoms with Crippen LogP contribution in [0, 0.1) is 5.82 Å². The van der Waals surface area contributed by atoms with E-state index >= 15 is 0 Å². The van der Waals surface area contributed by atoms with Crippen LogP contribution < -0.4 is 4.72 Å². The molecule has 0 aliphatic carbocycles. The molecule has 3 aromatic rings. The predicted molar refractivity (Wildman–Crippen MR) is 94.1 cm³/mol. The third-order valence-electron chi connectivity index (χ3n) is 3.45. The van der Waals surface area contributed by atoms with Gasteiger partial charge in [0.25, 0.3) is 10.0 Å². The lowest BCUT2D eigenvalue weighted by Crippen LogP contribution is -2.13. The standard InChI is InChI=1S/C18H13ClFNO2S/c19-17-12-16(10-11-18(17)20)24(22,23)21-15-8-6-14(7-9-15)13-4-2-1-3-5-13/h1-12,21H. The molecule has 24 heavy (non-hydrogen) atoms. The maximum Gasteiger partial charge on any atom is 0.261 e. The summed E-state index contributed by atoms with van der Waals surface area (Å²) in [7, 11) is -3.83. The fraction of sp³-hybridized carbons (Fsp3) is 0. The first-order valence-corrected chi connectivity index (χ1v) is 8.95. The van der Waals surface area contributed by atoms with Crippen molar-refractivity contribution in [2.75, 3.05) is 4.72 Å². The Labute approximate surface area is 144 Å². The molecule has 0 unspecified atom stereocenters. The Hall–Kier alpha value is -2.37. The van der Waals surface area contributed by atoms with E-state index in [1.165, 1.54) is 6.07 Å². The molecule has 0 aliphatic heterocycles. The lowest BCUT2D eigenvalue weighted by Gasteiger charge is -2.09. The van der Waals surface area contributed by atoms with Gasteiger partial charge in [0.15, 0.2) is 0 Å². The molecule has 0 aliphatic rings. The topological polar surface area (TPSA) is 46.2 Å². The summed E-state index contributed by atoms with van der Waals surface area (Å²) in [5, 5.41) is -0.239. The molecular weight excluding hydrogens is 349 g/mol. The van der Waals surface area contributed by atoms with Gasteiger partial charge in [0, 0.05) is 5.69 Å². The number of anilines is 1. The summed E-state index contributed by atoms with van der Waals surface area (Å²) in [5.74, 6) is -0.664. The number of halogens is 2. The van der Waals surface area contributed by atoms with Gasteiger partial charge in [-0.25, -0.2) is 12.8 Å². The Kier molecular flexibility index (Phi) is 4.55. The molecular formula is C18H13ClFNO2S. The molecule has 3 aromatic carbocycles. The van der Waals surface area contributed by atoms with E-state index in [0.29, 0.717) is 5.69 Å². The highest BCUT2D eigenvalue weighted by atomic mass is 35.5. The molecule has 0 amide bonds. The average Bonchev–Trinajstić information content (AvgIpc) is 2.58. The van der Waals surface area contributed by atoms with Crippen LogP contribution in [-0.2, 0) is 10.0 Å². The highest BCUT2D eigenvalue weighted by molar-refractivity contribution is 7.92. The van der Waals surface area contributed by atoms with Crippen molar-refractivity contribution in [3.8, 4) is 11.1 Å². The zero-order valence-electron chi connectivity index (χ0n) is 12.4. The van der Waals surface area contributed by atoms with Crippen LogP contribution in [0.25, 0.3) is 11.1 Å². The summed E-state index contributed by atoms with van der Waals surface area (Å²) in [5.41, 5.74) is 2.43. The number of rotatable bonds is 4. The second kappa shape index (κ2) is 6.63. The number of sulfonamides is 1. The van der Waals surface area contributed by atoms with Crippen LogP contribution in [0.1, 0.15) is 0 Å². The molecule has 6 heteroatoms. The molecule has 3 nitrogen and oxygen atoms in total. The second-order valence-electron chi connectivity index (χ2n) is 5.12. The fourth-order valence-electron chi connectivity index (χ4n) is 2.22. The molecule has 0 aromatic heterocycles. The summed E-state index contributed by atoms with van der Waals surface area (Å²) in [6, 6.07) is 20.0. The Balaban J connectivity index is 1.84. The van der Waals surface area contributed by atoms with Crippen LogP contribution in [0.4, 0.5) is 10.1 Å². The maximum absolute atomic E-state index is 13.2. The minimum absolute atomic E-state index is 0.0963. The summed E-state index contributed by atoms with van der Waals surface area (Å²) in [6.07, 6.45) is 0. The minimum atomic E-state index is -3.83. The molecule has 0 bridgehead atoms. The molecule has 1 N–H and O–H groups in total. The van der Waals surface area contributed by atoms with Crippen molar-refractivity contribution in [1.29, 1.82) is 0 Å². The zero-order valence-corrected chi connectivity index (χ0v) is 14.0. The van der Waals surface area contributed by atoms with Crippen molar-refractivity contribution in [3.63, 3.8) is 0 Å². The van der Waals surface area contributed by atoms with Gasteiger partial charge in [-0.1, -0.05) is 54.1 Å². The van der Waals surface area contributed by atoms with E-state index < -0.39 is 15.8 Å².